The summed E-state index contributed by atoms with van der Waals surface area (Å²) in [5.41, 5.74) is 0. The summed E-state index contributed by atoms with van der Waals surface area (Å²) in [6.07, 6.45) is -0.388. The molecule has 0 spiro atoms. The molecule has 0 amide bonds. The van der Waals surface area contributed by atoms with Gasteiger partial charge in [0.05, 0.1) is 18.7 Å². The van der Waals surface area contributed by atoms with Crippen molar-refractivity contribution < 1.29 is 14.3 Å². The van der Waals surface area contributed by atoms with Gasteiger partial charge < -0.3 is 14.3 Å². The molecule has 2 aromatic rings. The van der Waals surface area contributed by atoms with Gasteiger partial charge in [-0.05, 0) is 18.7 Å². The summed E-state index contributed by atoms with van der Waals surface area (Å²) in [4.78, 5) is 4.43. The molecule has 1 aliphatic rings. The zero-order chi connectivity index (χ0) is 17.6. The summed E-state index contributed by atoms with van der Waals surface area (Å²) in [7, 11) is 0. The minimum atomic E-state index is -0.388. The number of aromatic nitrogens is 2. The number of likely N-dealkylation sites (N-methyl/N-ethyl adjacent to an activating group) is 1. The van der Waals surface area contributed by atoms with Crippen LogP contribution in [0.1, 0.15) is 18.7 Å². The van der Waals surface area contributed by atoms with E-state index in [0.29, 0.717) is 31.5 Å². The van der Waals surface area contributed by atoms with Crippen molar-refractivity contribution in [3.05, 3.63) is 42.1 Å². The van der Waals surface area contributed by atoms with Gasteiger partial charge in [0.1, 0.15) is 12.4 Å². The topological polar surface area (TPSA) is 74.9 Å². The molecule has 1 aliphatic heterocycles. The molecule has 25 heavy (non-hydrogen) atoms. The number of aliphatic hydroxyl groups excluding tert-OH is 1. The van der Waals surface area contributed by atoms with Crippen LogP contribution in [0.15, 0.2) is 34.7 Å². The van der Waals surface area contributed by atoms with Crippen molar-refractivity contribution >= 4 is 0 Å². The number of ether oxygens (including phenoxy) is 1. The molecule has 7 heteroatoms. The van der Waals surface area contributed by atoms with Crippen molar-refractivity contribution in [2.24, 2.45) is 0 Å². The van der Waals surface area contributed by atoms with Crippen LogP contribution < -0.4 is 4.74 Å². The fourth-order valence-electron chi connectivity index (χ4n) is 3.24. The first-order chi connectivity index (χ1) is 12.2. The molecule has 136 valence electrons. The van der Waals surface area contributed by atoms with E-state index in [1.54, 1.807) is 6.92 Å². The lowest BCUT2D eigenvalue weighted by Crippen LogP contribution is -2.42. The Hall–Kier alpha value is -1.96. The highest BCUT2D eigenvalue weighted by Gasteiger charge is 2.35. The lowest BCUT2D eigenvalue weighted by atomic mass is 10.2. The number of likely N-dealkylation sites (tertiary alicyclic amines) is 1. The molecule has 1 N–H and O–H groups in total. The predicted molar refractivity (Wildman–Crippen MR) is 93.3 cm³/mol. The fraction of sp³-hybridized carbons (Fsp3) is 0.556. The van der Waals surface area contributed by atoms with E-state index >= 15 is 0 Å². The first-order valence-corrected chi connectivity index (χ1v) is 8.77. The first-order valence-electron chi connectivity index (χ1n) is 8.77. The number of hydrogen-bond donors (Lipinski definition) is 1. The molecule has 0 aliphatic carbocycles. The van der Waals surface area contributed by atoms with Gasteiger partial charge in [-0.3, -0.25) is 9.80 Å². The highest BCUT2D eigenvalue weighted by molar-refractivity contribution is 5.20. The van der Waals surface area contributed by atoms with Crippen LogP contribution in [0.4, 0.5) is 0 Å². The van der Waals surface area contributed by atoms with Crippen molar-refractivity contribution in [3.63, 3.8) is 0 Å². The molecule has 1 saturated heterocycles. The van der Waals surface area contributed by atoms with Gasteiger partial charge in [0.25, 0.3) is 0 Å². The summed E-state index contributed by atoms with van der Waals surface area (Å²) in [6, 6.07) is 9.86. The third-order valence-electron chi connectivity index (χ3n) is 4.54. The van der Waals surface area contributed by atoms with E-state index in [4.69, 9.17) is 9.15 Å². The third kappa shape index (κ3) is 4.78. The Balaban J connectivity index is 1.49. The quantitative estimate of drug-likeness (QED) is 0.773. The van der Waals surface area contributed by atoms with Crippen molar-refractivity contribution in [1.29, 1.82) is 0 Å². The summed E-state index contributed by atoms with van der Waals surface area (Å²) in [5, 5.41) is 18.4. The van der Waals surface area contributed by atoms with Gasteiger partial charge >= 0.3 is 0 Å². The van der Waals surface area contributed by atoms with Crippen molar-refractivity contribution in [1.82, 2.24) is 20.0 Å². The molecular weight excluding hydrogens is 320 g/mol. The van der Waals surface area contributed by atoms with E-state index in [0.717, 1.165) is 25.4 Å². The number of benzene rings is 1. The Morgan fingerprint density at radius 3 is 2.76 bits per heavy atom. The highest BCUT2D eigenvalue weighted by atomic mass is 16.5. The van der Waals surface area contributed by atoms with Crippen molar-refractivity contribution in [2.75, 3.05) is 32.8 Å². The number of hydrogen-bond acceptors (Lipinski definition) is 7. The number of β-amino-alcohol motifs (C(OH)–C–C–N with tert-alkyl or cyclic N) is 1. The summed E-state index contributed by atoms with van der Waals surface area (Å²) >= 11 is 0. The first kappa shape index (κ1) is 17.8. The Bertz CT molecular complexity index is 649. The zero-order valence-corrected chi connectivity index (χ0v) is 14.8. The Morgan fingerprint density at radius 1 is 1.28 bits per heavy atom. The Morgan fingerprint density at radius 2 is 2.08 bits per heavy atom. The third-order valence-corrected chi connectivity index (χ3v) is 4.54. The Kier molecular flexibility index (Phi) is 6.01. The van der Waals surface area contributed by atoms with Crippen LogP contribution >= 0.6 is 0 Å². The van der Waals surface area contributed by atoms with Gasteiger partial charge in [-0.15, -0.1) is 10.2 Å². The molecule has 0 radical (unpaired) electrons. The average molecular weight is 346 g/mol. The SMILES string of the molecule is CCN(Cc1nnc(C)o1)C1CN(CCOc2ccccc2)C[C@H]1O. The smallest absolute Gasteiger partial charge is 0.230 e. The minimum absolute atomic E-state index is 0.0638. The second kappa shape index (κ2) is 8.42. The van der Waals surface area contributed by atoms with Crippen LogP contribution in [0.5, 0.6) is 5.75 Å². The normalized spacial score (nSPS) is 21.1. The molecule has 1 aromatic heterocycles. The molecule has 2 heterocycles. The number of rotatable bonds is 8. The van der Waals surface area contributed by atoms with Gasteiger partial charge in [-0.25, -0.2) is 0 Å². The largest absolute Gasteiger partial charge is 0.492 e. The maximum absolute atomic E-state index is 10.5. The molecular formula is C18H26N4O3. The second-order valence-corrected chi connectivity index (χ2v) is 6.33. The van der Waals surface area contributed by atoms with Gasteiger partial charge in [-0.1, -0.05) is 25.1 Å². The number of nitrogens with zero attached hydrogens (tertiary/aromatic N) is 4. The van der Waals surface area contributed by atoms with Gasteiger partial charge in [0, 0.05) is 26.6 Å². The van der Waals surface area contributed by atoms with Gasteiger partial charge in [0.2, 0.25) is 11.8 Å². The average Bonchev–Trinajstić information content (AvgIpc) is 3.19. The van der Waals surface area contributed by atoms with Crippen LogP contribution in [0.3, 0.4) is 0 Å². The Labute approximate surface area is 148 Å². The molecule has 1 fully saturated rings. The summed E-state index contributed by atoms with van der Waals surface area (Å²) < 4.78 is 11.2. The highest BCUT2D eigenvalue weighted by Crippen LogP contribution is 2.18. The van der Waals surface area contributed by atoms with E-state index in [-0.39, 0.29) is 12.1 Å². The minimum Gasteiger partial charge on any atom is -0.492 e. The lowest BCUT2D eigenvalue weighted by Gasteiger charge is -2.28. The molecule has 1 aromatic carbocycles. The maximum atomic E-state index is 10.5. The molecule has 1 unspecified atom stereocenters. The molecule has 3 rings (SSSR count). The number of para-hydroxylation sites is 1. The zero-order valence-electron chi connectivity index (χ0n) is 14.8. The van der Waals surface area contributed by atoms with Crippen LogP contribution in [0.2, 0.25) is 0 Å². The predicted octanol–water partition coefficient (Wildman–Crippen LogP) is 1.32. The van der Waals surface area contributed by atoms with E-state index in [1.807, 2.05) is 30.3 Å². The van der Waals surface area contributed by atoms with Gasteiger partial charge in [0.15, 0.2) is 0 Å². The summed E-state index contributed by atoms with van der Waals surface area (Å²) in [5.74, 6) is 2.04. The van der Waals surface area contributed by atoms with E-state index < -0.39 is 0 Å². The number of aryl methyl sites for hydroxylation is 1. The van der Waals surface area contributed by atoms with Crippen molar-refractivity contribution in [3.8, 4) is 5.75 Å². The fourth-order valence-corrected chi connectivity index (χ4v) is 3.24. The molecule has 0 bridgehead atoms. The maximum Gasteiger partial charge on any atom is 0.230 e. The standard InChI is InChI=1S/C18H26N4O3/c1-3-22(13-18-20-19-14(2)25-18)16-11-21(12-17(16)23)9-10-24-15-7-5-4-6-8-15/h4-8,16-17,23H,3,9-13H2,1-2H3/t16?,17-/m1/s1. The van der Waals surface area contributed by atoms with E-state index in [9.17, 15) is 5.11 Å². The number of aliphatic hydroxyl groups is 1. The molecule has 7 nitrogen and oxygen atoms in total. The molecule has 0 saturated carbocycles. The van der Waals surface area contributed by atoms with Crippen LogP contribution in [-0.2, 0) is 6.54 Å². The van der Waals surface area contributed by atoms with Crippen LogP contribution in [0.25, 0.3) is 0 Å². The summed E-state index contributed by atoms with van der Waals surface area (Å²) in [6.45, 7) is 8.11. The van der Waals surface area contributed by atoms with Gasteiger partial charge in [-0.2, -0.15) is 0 Å². The van der Waals surface area contributed by atoms with Crippen LogP contribution in [-0.4, -0.2) is 70.0 Å². The second-order valence-electron chi connectivity index (χ2n) is 6.33. The molecule has 2 atom stereocenters. The van der Waals surface area contributed by atoms with E-state index in [2.05, 4.69) is 26.9 Å². The van der Waals surface area contributed by atoms with Crippen molar-refractivity contribution in [2.45, 2.75) is 32.5 Å². The van der Waals surface area contributed by atoms with Crippen LogP contribution in [0, 0.1) is 6.92 Å². The van der Waals surface area contributed by atoms with E-state index in [1.165, 1.54) is 0 Å². The monoisotopic (exact) mass is 346 g/mol. The lowest BCUT2D eigenvalue weighted by molar-refractivity contribution is 0.0760.